The van der Waals surface area contributed by atoms with Crippen LogP contribution in [0, 0.1) is 5.41 Å². The summed E-state index contributed by atoms with van der Waals surface area (Å²) in [6, 6.07) is 9.64. The minimum atomic E-state index is -0.785. The number of carbonyl (C=O) groups is 1. The van der Waals surface area contributed by atoms with E-state index in [2.05, 4.69) is 5.10 Å². The minimum Gasteiger partial charge on any atom is -0.481 e. The van der Waals surface area contributed by atoms with E-state index in [9.17, 15) is 4.79 Å². The molecule has 0 atom stereocenters. The maximum Gasteiger partial charge on any atom is 0.309 e. The van der Waals surface area contributed by atoms with Crippen molar-refractivity contribution in [2.45, 2.75) is 20.3 Å². The Morgan fingerprint density at radius 2 is 2.17 bits per heavy atom. The van der Waals surface area contributed by atoms with Crippen LogP contribution in [0.1, 0.15) is 19.4 Å². The van der Waals surface area contributed by atoms with Crippen LogP contribution in [0.3, 0.4) is 0 Å². The average Bonchev–Trinajstić information content (AvgIpc) is 2.82. The van der Waals surface area contributed by atoms with E-state index in [1.165, 1.54) is 0 Å². The lowest BCUT2D eigenvalue weighted by Gasteiger charge is -2.19. The van der Waals surface area contributed by atoms with Crippen LogP contribution in [0.15, 0.2) is 42.7 Å². The van der Waals surface area contributed by atoms with Crippen LogP contribution in [0.4, 0.5) is 0 Å². The van der Waals surface area contributed by atoms with Crippen molar-refractivity contribution in [3.05, 3.63) is 48.3 Å². The Bertz CT molecular complexity index is 545. The molecule has 4 heteroatoms. The van der Waals surface area contributed by atoms with Crippen LogP contribution in [-0.2, 0) is 11.2 Å². The maximum atomic E-state index is 11.1. The number of hydrogen-bond donors (Lipinski definition) is 1. The molecule has 1 aromatic carbocycles. The van der Waals surface area contributed by atoms with Gasteiger partial charge in [0, 0.05) is 12.4 Å². The molecule has 18 heavy (non-hydrogen) atoms. The number of aliphatic carboxylic acids is 1. The summed E-state index contributed by atoms with van der Waals surface area (Å²) in [5, 5.41) is 13.3. The summed E-state index contributed by atoms with van der Waals surface area (Å²) in [4.78, 5) is 11.1. The van der Waals surface area contributed by atoms with Gasteiger partial charge in [-0.05, 0) is 44.0 Å². The molecule has 0 unspecified atom stereocenters. The minimum absolute atomic E-state index is 0.497. The van der Waals surface area contributed by atoms with Crippen molar-refractivity contribution < 1.29 is 9.90 Å². The Balaban J connectivity index is 2.26. The highest BCUT2D eigenvalue weighted by Gasteiger charge is 2.27. The Kier molecular flexibility index (Phi) is 3.19. The monoisotopic (exact) mass is 244 g/mol. The van der Waals surface area contributed by atoms with Gasteiger partial charge < -0.3 is 5.11 Å². The molecule has 0 saturated heterocycles. The molecule has 94 valence electrons. The van der Waals surface area contributed by atoms with Crippen LogP contribution in [0.5, 0.6) is 0 Å². The van der Waals surface area contributed by atoms with E-state index in [4.69, 9.17) is 5.11 Å². The molecule has 0 aliphatic heterocycles. The van der Waals surface area contributed by atoms with Gasteiger partial charge in [-0.3, -0.25) is 4.79 Å². The quantitative estimate of drug-likeness (QED) is 0.899. The highest BCUT2D eigenvalue weighted by Crippen LogP contribution is 2.23. The Hall–Kier alpha value is -2.10. The van der Waals surface area contributed by atoms with Gasteiger partial charge in [0.25, 0.3) is 0 Å². The highest BCUT2D eigenvalue weighted by molar-refractivity contribution is 5.74. The van der Waals surface area contributed by atoms with Crippen LogP contribution >= 0.6 is 0 Å². The fourth-order valence-corrected chi connectivity index (χ4v) is 1.82. The SMILES string of the molecule is CC(C)(Cc1cccc(-n2cccn2)c1)C(=O)O. The fraction of sp³-hybridized carbons (Fsp3) is 0.286. The summed E-state index contributed by atoms with van der Waals surface area (Å²) in [5.41, 5.74) is 1.18. The summed E-state index contributed by atoms with van der Waals surface area (Å²) in [5.74, 6) is -0.785. The molecular weight excluding hydrogens is 228 g/mol. The van der Waals surface area contributed by atoms with Crippen molar-refractivity contribution in [2.75, 3.05) is 0 Å². The van der Waals surface area contributed by atoms with Gasteiger partial charge in [-0.25, -0.2) is 4.68 Å². The summed E-state index contributed by atoms with van der Waals surface area (Å²) in [6.07, 6.45) is 4.08. The van der Waals surface area contributed by atoms with Gasteiger partial charge in [0.1, 0.15) is 0 Å². The predicted molar refractivity (Wildman–Crippen MR) is 68.7 cm³/mol. The van der Waals surface area contributed by atoms with E-state index in [1.807, 2.05) is 36.5 Å². The lowest BCUT2D eigenvalue weighted by molar-refractivity contribution is -0.146. The number of aromatic nitrogens is 2. The molecule has 0 fully saturated rings. The first-order valence-corrected chi connectivity index (χ1v) is 5.81. The molecule has 0 radical (unpaired) electrons. The van der Waals surface area contributed by atoms with E-state index < -0.39 is 11.4 Å². The fourth-order valence-electron chi connectivity index (χ4n) is 1.82. The molecule has 0 spiro atoms. The van der Waals surface area contributed by atoms with Crippen molar-refractivity contribution in [3.8, 4) is 5.69 Å². The number of hydrogen-bond acceptors (Lipinski definition) is 2. The van der Waals surface area contributed by atoms with E-state index in [1.54, 1.807) is 24.7 Å². The first-order valence-electron chi connectivity index (χ1n) is 5.81. The molecule has 0 bridgehead atoms. The molecule has 2 aromatic rings. The molecule has 0 aliphatic carbocycles. The standard InChI is InChI=1S/C14H16N2O2/c1-14(2,13(17)18)10-11-5-3-6-12(9-11)16-8-4-7-15-16/h3-9H,10H2,1-2H3,(H,17,18). The highest BCUT2D eigenvalue weighted by atomic mass is 16.4. The Labute approximate surface area is 106 Å². The maximum absolute atomic E-state index is 11.1. The summed E-state index contributed by atoms with van der Waals surface area (Å²) in [6.45, 7) is 3.46. The molecule has 4 nitrogen and oxygen atoms in total. The zero-order chi connectivity index (χ0) is 13.2. The van der Waals surface area contributed by atoms with Gasteiger partial charge in [-0.2, -0.15) is 5.10 Å². The Morgan fingerprint density at radius 1 is 1.39 bits per heavy atom. The smallest absolute Gasteiger partial charge is 0.309 e. The molecular formula is C14H16N2O2. The van der Waals surface area contributed by atoms with E-state index >= 15 is 0 Å². The predicted octanol–water partition coefficient (Wildman–Crippen LogP) is 2.53. The lowest BCUT2D eigenvalue weighted by atomic mass is 9.86. The molecule has 0 amide bonds. The van der Waals surface area contributed by atoms with Crippen LogP contribution in [0.25, 0.3) is 5.69 Å². The van der Waals surface area contributed by atoms with Gasteiger partial charge in [0.15, 0.2) is 0 Å². The summed E-state index contributed by atoms with van der Waals surface area (Å²) in [7, 11) is 0. The molecule has 0 saturated carbocycles. The topological polar surface area (TPSA) is 55.1 Å². The van der Waals surface area contributed by atoms with Crippen LogP contribution < -0.4 is 0 Å². The molecule has 0 aliphatic rings. The second kappa shape index (κ2) is 4.64. The van der Waals surface area contributed by atoms with E-state index in [0.717, 1.165) is 11.3 Å². The number of nitrogens with zero attached hydrogens (tertiary/aromatic N) is 2. The van der Waals surface area contributed by atoms with Crippen molar-refractivity contribution in [3.63, 3.8) is 0 Å². The van der Waals surface area contributed by atoms with Crippen LogP contribution in [0.2, 0.25) is 0 Å². The van der Waals surface area contributed by atoms with Gasteiger partial charge in [-0.1, -0.05) is 12.1 Å². The second-order valence-electron chi connectivity index (χ2n) is 4.99. The van der Waals surface area contributed by atoms with Crippen molar-refractivity contribution >= 4 is 5.97 Å². The third-order valence-electron chi connectivity index (χ3n) is 2.90. The first kappa shape index (κ1) is 12.4. The Morgan fingerprint density at radius 3 is 2.78 bits per heavy atom. The lowest BCUT2D eigenvalue weighted by Crippen LogP contribution is -2.26. The average molecular weight is 244 g/mol. The van der Waals surface area contributed by atoms with Crippen molar-refractivity contribution in [1.29, 1.82) is 0 Å². The third kappa shape index (κ3) is 2.59. The number of carboxylic acids is 1. The van der Waals surface area contributed by atoms with E-state index in [-0.39, 0.29) is 0 Å². The van der Waals surface area contributed by atoms with Gasteiger partial charge in [0.2, 0.25) is 0 Å². The van der Waals surface area contributed by atoms with Crippen molar-refractivity contribution in [2.24, 2.45) is 5.41 Å². The van der Waals surface area contributed by atoms with Crippen molar-refractivity contribution in [1.82, 2.24) is 9.78 Å². The van der Waals surface area contributed by atoms with Gasteiger partial charge >= 0.3 is 5.97 Å². The summed E-state index contributed by atoms with van der Waals surface area (Å²) < 4.78 is 1.76. The van der Waals surface area contributed by atoms with E-state index in [0.29, 0.717) is 6.42 Å². The van der Waals surface area contributed by atoms with Gasteiger partial charge in [0.05, 0.1) is 11.1 Å². The normalized spacial score (nSPS) is 11.4. The molecule has 1 aromatic heterocycles. The zero-order valence-corrected chi connectivity index (χ0v) is 10.5. The third-order valence-corrected chi connectivity index (χ3v) is 2.90. The summed E-state index contributed by atoms with van der Waals surface area (Å²) >= 11 is 0. The number of benzene rings is 1. The van der Waals surface area contributed by atoms with Gasteiger partial charge in [-0.15, -0.1) is 0 Å². The zero-order valence-electron chi connectivity index (χ0n) is 10.5. The molecule has 1 heterocycles. The first-order chi connectivity index (χ1) is 8.49. The second-order valence-corrected chi connectivity index (χ2v) is 4.99. The molecule has 2 rings (SSSR count). The molecule has 1 N–H and O–H groups in total. The number of carboxylic acid groups (broad SMARTS) is 1. The number of rotatable bonds is 4. The van der Waals surface area contributed by atoms with Crippen LogP contribution in [-0.4, -0.2) is 20.9 Å². The largest absolute Gasteiger partial charge is 0.481 e.